The van der Waals surface area contributed by atoms with E-state index < -0.39 is 0 Å². The maximum Gasteiger partial charge on any atom is 0.182 e. The second-order valence-corrected chi connectivity index (χ2v) is 5.88. The van der Waals surface area contributed by atoms with Crippen molar-refractivity contribution < 1.29 is 4.79 Å². The highest BCUT2D eigenvalue weighted by Crippen LogP contribution is 2.21. The van der Waals surface area contributed by atoms with Crippen LogP contribution < -0.4 is 0 Å². The van der Waals surface area contributed by atoms with E-state index in [1.165, 1.54) is 11.5 Å². The molecule has 0 bridgehead atoms. The first-order valence-corrected chi connectivity index (χ1v) is 7.16. The Labute approximate surface area is 116 Å². The number of carbonyl (C=O) groups is 1. The summed E-state index contributed by atoms with van der Waals surface area (Å²) >= 11 is 1.17. The van der Waals surface area contributed by atoms with E-state index in [4.69, 9.17) is 0 Å². The molecule has 0 amide bonds. The highest BCUT2D eigenvalue weighted by atomic mass is 32.1. The summed E-state index contributed by atoms with van der Waals surface area (Å²) in [6.07, 6.45) is 2.21. The second-order valence-electron chi connectivity index (χ2n) is 5.12. The van der Waals surface area contributed by atoms with Gasteiger partial charge < -0.3 is 0 Å². The zero-order valence-electron chi connectivity index (χ0n) is 11.6. The van der Waals surface area contributed by atoms with Crippen molar-refractivity contribution >= 4 is 17.3 Å². The maximum absolute atomic E-state index is 12.3. The van der Waals surface area contributed by atoms with Crippen LogP contribution in [0.3, 0.4) is 0 Å². The van der Waals surface area contributed by atoms with Crippen molar-refractivity contribution in [2.24, 2.45) is 0 Å². The normalized spacial score (nSPS) is 11.5. The molecule has 0 unspecified atom stereocenters. The van der Waals surface area contributed by atoms with Crippen molar-refractivity contribution in [3.63, 3.8) is 0 Å². The van der Waals surface area contributed by atoms with Crippen LogP contribution >= 0.6 is 11.5 Å². The van der Waals surface area contributed by atoms with Gasteiger partial charge in [-0.15, -0.1) is 5.10 Å². The molecule has 2 heterocycles. The summed E-state index contributed by atoms with van der Waals surface area (Å²) in [4.78, 5) is 12.9. The second kappa shape index (κ2) is 5.61. The van der Waals surface area contributed by atoms with Crippen LogP contribution in [0.25, 0.3) is 0 Å². The van der Waals surface area contributed by atoms with E-state index in [1.807, 2.05) is 30.8 Å². The van der Waals surface area contributed by atoms with Gasteiger partial charge in [-0.3, -0.25) is 9.48 Å². The van der Waals surface area contributed by atoms with Gasteiger partial charge in [0, 0.05) is 12.2 Å². The van der Waals surface area contributed by atoms with Crippen LogP contribution in [0.15, 0.2) is 12.3 Å². The molecular formula is C13H18N4OS. The SMILES string of the molecule is CC(C)c1nnsc1C(=O)Cc1ccn(C(C)C)n1. The minimum atomic E-state index is 0.0488. The Bertz CT molecular complexity index is 571. The third kappa shape index (κ3) is 3.07. The number of ketones is 1. The molecule has 2 rings (SSSR count). The molecule has 0 aliphatic rings. The van der Waals surface area contributed by atoms with Crippen molar-refractivity contribution in [3.8, 4) is 0 Å². The summed E-state index contributed by atoms with van der Waals surface area (Å²) in [5, 5.41) is 8.43. The minimum absolute atomic E-state index is 0.0488. The van der Waals surface area contributed by atoms with Gasteiger partial charge >= 0.3 is 0 Å². The van der Waals surface area contributed by atoms with Crippen molar-refractivity contribution in [2.45, 2.75) is 46.1 Å². The van der Waals surface area contributed by atoms with E-state index >= 15 is 0 Å². The van der Waals surface area contributed by atoms with Crippen LogP contribution in [0.1, 0.15) is 60.7 Å². The van der Waals surface area contributed by atoms with Crippen LogP contribution in [-0.4, -0.2) is 25.2 Å². The summed E-state index contributed by atoms with van der Waals surface area (Å²) in [7, 11) is 0. The van der Waals surface area contributed by atoms with E-state index in [0.29, 0.717) is 17.3 Å². The molecule has 0 aromatic carbocycles. The third-order valence-corrected chi connectivity index (χ3v) is 3.63. The lowest BCUT2D eigenvalue weighted by molar-refractivity contribution is 0.0994. The molecule has 0 radical (unpaired) electrons. The Morgan fingerprint density at radius 2 is 2.11 bits per heavy atom. The predicted molar refractivity (Wildman–Crippen MR) is 74.6 cm³/mol. The van der Waals surface area contributed by atoms with E-state index in [1.54, 1.807) is 0 Å². The van der Waals surface area contributed by atoms with E-state index in [-0.39, 0.29) is 11.7 Å². The fraction of sp³-hybridized carbons (Fsp3) is 0.538. The molecular weight excluding hydrogens is 260 g/mol. The highest BCUT2D eigenvalue weighted by molar-refractivity contribution is 7.08. The number of hydrogen-bond acceptors (Lipinski definition) is 5. The molecule has 0 N–H and O–H groups in total. The summed E-state index contributed by atoms with van der Waals surface area (Å²) in [5.41, 5.74) is 1.58. The number of rotatable bonds is 5. The largest absolute Gasteiger partial charge is 0.293 e. The average molecular weight is 278 g/mol. The fourth-order valence-corrected chi connectivity index (χ4v) is 2.53. The van der Waals surface area contributed by atoms with Gasteiger partial charge in [0.05, 0.1) is 17.8 Å². The summed E-state index contributed by atoms with van der Waals surface area (Å²) < 4.78 is 5.74. The summed E-state index contributed by atoms with van der Waals surface area (Å²) in [5.74, 6) is 0.263. The Kier molecular flexibility index (Phi) is 4.09. The molecule has 0 aliphatic heterocycles. The predicted octanol–water partition coefficient (Wildman–Crippen LogP) is 2.86. The molecule has 6 heteroatoms. The van der Waals surface area contributed by atoms with Gasteiger partial charge in [0.2, 0.25) is 0 Å². The quantitative estimate of drug-likeness (QED) is 0.789. The number of Topliss-reactive ketones (excluding diaryl/α,β-unsaturated/α-hetero) is 1. The van der Waals surface area contributed by atoms with Crippen LogP contribution in [-0.2, 0) is 6.42 Å². The van der Waals surface area contributed by atoms with Crippen molar-refractivity contribution in [3.05, 3.63) is 28.5 Å². The number of hydrogen-bond donors (Lipinski definition) is 0. The average Bonchev–Trinajstić information content (AvgIpc) is 2.96. The number of carbonyl (C=O) groups excluding carboxylic acids is 1. The van der Waals surface area contributed by atoms with Gasteiger partial charge in [-0.1, -0.05) is 18.3 Å². The Balaban J connectivity index is 2.14. The maximum atomic E-state index is 12.3. The van der Waals surface area contributed by atoms with E-state index in [9.17, 15) is 4.79 Å². The Morgan fingerprint density at radius 3 is 2.68 bits per heavy atom. The third-order valence-electron chi connectivity index (χ3n) is 2.85. The van der Waals surface area contributed by atoms with E-state index in [2.05, 4.69) is 28.5 Å². The van der Waals surface area contributed by atoms with Crippen molar-refractivity contribution in [1.29, 1.82) is 0 Å². The first-order chi connectivity index (χ1) is 8.99. The van der Waals surface area contributed by atoms with Crippen molar-refractivity contribution in [2.75, 3.05) is 0 Å². The minimum Gasteiger partial charge on any atom is -0.293 e. The first kappa shape index (κ1) is 13.9. The molecule has 0 spiro atoms. The molecule has 0 fully saturated rings. The summed E-state index contributed by atoms with van der Waals surface area (Å²) in [6, 6.07) is 2.20. The summed E-state index contributed by atoms with van der Waals surface area (Å²) in [6.45, 7) is 8.15. The fourth-order valence-electron chi connectivity index (χ4n) is 1.77. The lowest BCUT2D eigenvalue weighted by Crippen LogP contribution is -2.08. The van der Waals surface area contributed by atoms with Gasteiger partial charge in [-0.05, 0) is 37.4 Å². The standard InChI is InChI=1S/C13H18N4OS/c1-8(2)12-13(19-16-14-12)11(18)7-10-5-6-17(15-10)9(3)4/h5-6,8-9H,7H2,1-4H3. The van der Waals surface area contributed by atoms with Gasteiger partial charge in [0.25, 0.3) is 0 Å². The van der Waals surface area contributed by atoms with Gasteiger partial charge in [-0.2, -0.15) is 5.10 Å². The zero-order chi connectivity index (χ0) is 14.0. The van der Waals surface area contributed by atoms with E-state index in [0.717, 1.165) is 11.4 Å². The molecule has 0 aliphatic carbocycles. The molecule has 102 valence electrons. The molecule has 5 nitrogen and oxygen atoms in total. The first-order valence-electron chi connectivity index (χ1n) is 6.38. The van der Waals surface area contributed by atoms with Crippen molar-refractivity contribution in [1.82, 2.24) is 19.4 Å². The van der Waals surface area contributed by atoms with Gasteiger partial charge in [0.15, 0.2) is 5.78 Å². The highest BCUT2D eigenvalue weighted by Gasteiger charge is 2.19. The zero-order valence-corrected chi connectivity index (χ0v) is 12.4. The molecule has 0 saturated carbocycles. The van der Waals surface area contributed by atoms with Crippen LogP contribution in [0.4, 0.5) is 0 Å². The molecule has 0 atom stereocenters. The Morgan fingerprint density at radius 1 is 1.37 bits per heavy atom. The molecule has 2 aromatic heterocycles. The van der Waals surface area contributed by atoms with Crippen LogP contribution in [0, 0.1) is 0 Å². The molecule has 19 heavy (non-hydrogen) atoms. The van der Waals surface area contributed by atoms with Gasteiger partial charge in [-0.25, -0.2) is 0 Å². The number of aromatic nitrogens is 4. The molecule has 0 saturated heterocycles. The van der Waals surface area contributed by atoms with Gasteiger partial charge in [0.1, 0.15) is 4.88 Å². The smallest absolute Gasteiger partial charge is 0.182 e. The number of nitrogens with zero attached hydrogens (tertiary/aromatic N) is 4. The lowest BCUT2D eigenvalue weighted by atomic mass is 10.1. The lowest BCUT2D eigenvalue weighted by Gasteiger charge is -2.04. The van der Waals surface area contributed by atoms with Crippen LogP contribution in [0.2, 0.25) is 0 Å². The van der Waals surface area contributed by atoms with Crippen LogP contribution in [0.5, 0.6) is 0 Å². The molecule has 2 aromatic rings. The monoisotopic (exact) mass is 278 g/mol. The topological polar surface area (TPSA) is 60.7 Å². The Hall–Kier alpha value is -1.56.